The molecular formula is C29H27FN4O4S. The Kier molecular flexibility index (Phi) is 9.11. The Labute approximate surface area is 229 Å². The molecule has 2 aromatic carbocycles. The lowest BCUT2D eigenvalue weighted by Crippen LogP contribution is -2.30. The zero-order valence-electron chi connectivity index (χ0n) is 21.5. The first-order valence-corrected chi connectivity index (χ1v) is 12.8. The second kappa shape index (κ2) is 12.9. The second-order valence-corrected chi connectivity index (χ2v) is 9.35. The fraction of sp³-hybridized carbons (Fsp3) is 0.172. The normalized spacial score (nSPS) is 13.3. The van der Waals surface area contributed by atoms with E-state index >= 15 is 0 Å². The van der Waals surface area contributed by atoms with Crippen LogP contribution in [0, 0.1) is 5.82 Å². The summed E-state index contributed by atoms with van der Waals surface area (Å²) in [6.45, 7) is 3.85. The third-order valence-corrected chi connectivity index (χ3v) is 6.83. The van der Waals surface area contributed by atoms with E-state index < -0.39 is 17.7 Å². The van der Waals surface area contributed by atoms with E-state index in [2.05, 4.69) is 22.0 Å². The molecule has 10 heteroatoms. The van der Waals surface area contributed by atoms with E-state index in [1.165, 1.54) is 31.0 Å². The van der Waals surface area contributed by atoms with Gasteiger partial charge >= 0.3 is 5.97 Å². The molecule has 0 saturated carbocycles. The molecule has 0 atom stereocenters. The predicted octanol–water partition coefficient (Wildman–Crippen LogP) is 4.74. The Morgan fingerprint density at radius 1 is 1.18 bits per heavy atom. The van der Waals surface area contributed by atoms with Crippen molar-refractivity contribution in [3.8, 4) is 16.9 Å². The highest BCUT2D eigenvalue weighted by molar-refractivity contribution is 8.06. The van der Waals surface area contributed by atoms with Gasteiger partial charge in [-0.15, -0.1) is 0 Å². The average Bonchev–Trinajstić information content (AvgIpc) is 2.96. The van der Waals surface area contributed by atoms with Gasteiger partial charge in [0.15, 0.2) is 6.61 Å². The van der Waals surface area contributed by atoms with Gasteiger partial charge in [-0.1, -0.05) is 42.1 Å². The maximum absolute atomic E-state index is 14.1. The summed E-state index contributed by atoms with van der Waals surface area (Å²) in [6, 6.07) is 13.8. The van der Waals surface area contributed by atoms with Crippen molar-refractivity contribution in [2.45, 2.75) is 13.0 Å². The molecule has 0 radical (unpaired) electrons. The van der Waals surface area contributed by atoms with Crippen LogP contribution in [0.4, 0.5) is 10.1 Å². The van der Waals surface area contributed by atoms with Crippen LogP contribution in [0.1, 0.15) is 12.0 Å². The third-order valence-electron chi connectivity index (χ3n) is 5.86. The summed E-state index contributed by atoms with van der Waals surface area (Å²) in [4.78, 5) is 33.1. The van der Waals surface area contributed by atoms with Crippen LogP contribution >= 0.6 is 11.8 Å². The molecule has 0 bridgehead atoms. The first kappa shape index (κ1) is 27.6. The Hall–Kier alpha value is -4.44. The van der Waals surface area contributed by atoms with Crippen LogP contribution in [0.2, 0.25) is 0 Å². The molecule has 0 aliphatic carbocycles. The Morgan fingerprint density at radius 2 is 1.97 bits per heavy atom. The third kappa shape index (κ3) is 6.91. The van der Waals surface area contributed by atoms with Gasteiger partial charge in [0.05, 0.1) is 12.5 Å². The Bertz CT molecular complexity index is 1530. The number of halogens is 1. The number of esters is 1. The first-order valence-electron chi connectivity index (χ1n) is 12.0. The molecule has 1 amide bonds. The molecule has 39 heavy (non-hydrogen) atoms. The van der Waals surface area contributed by atoms with Crippen LogP contribution in [0.5, 0.6) is 5.75 Å². The van der Waals surface area contributed by atoms with E-state index in [1.54, 1.807) is 18.5 Å². The number of methoxy groups -OCH3 is 1. The standard InChI is InChI=1S/C29H27FN4O4S/c1-31-23-12-13-34(17-25(23)32-2)16-19-6-8-20(9-7-19)22-11-10-21(30)15-26(22)38-18-27(35)33-24-5-4-14-39-28(24)29(36)37-3/h4,6-15,17H,2,5,16,18H2,1,3H3,(H,33,35). The fourth-order valence-electron chi connectivity index (χ4n) is 3.95. The maximum Gasteiger partial charge on any atom is 0.346 e. The van der Waals surface area contributed by atoms with Crippen LogP contribution in [-0.4, -0.2) is 43.9 Å². The summed E-state index contributed by atoms with van der Waals surface area (Å²) in [5.41, 5.74) is 3.62. The molecule has 0 fully saturated rings. The molecule has 1 aliphatic rings. The minimum Gasteiger partial charge on any atom is -0.483 e. The van der Waals surface area contributed by atoms with Gasteiger partial charge in [-0.2, -0.15) is 0 Å². The van der Waals surface area contributed by atoms with E-state index in [0.29, 0.717) is 34.8 Å². The number of aromatic nitrogens is 1. The number of carbonyl (C=O) groups excluding carboxylic acids is 2. The number of nitrogens with zero attached hydrogens (tertiary/aromatic N) is 3. The minimum atomic E-state index is -0.527. The van der Waals surface area contributed by atoms with Gasteiger partial charge in [0.1, 0.15) is 22.2 Å². The van der Waals surface area contributed by atoms with Crippen molar-refractivity contribution in [2.24, 2.45) is 9.98 Å². The number of thioether (sulfide) groups is 1. The van der Waals surface area contributed by atoms with E-state index in [4.69, 9.17) is 9.47 Å². The minimum absolute atomic E-state index is 0.230. The highest BCUT2D eigenvalue weighted by Gasteiger charge is 2.20. The lowest BCUT2D eigenvalue weighted by Gasteiger charge is -2.16. The fourth-order valence-corrected chi connectivity index (χ4v) is 4.73. The van der Waals surface area contributed by atoms with Crippen molar-refractivity contribution in [3.05, 3.63) is 99.7 Å². The van der Waals surface area contributed by atoms with Crippen LogP contribution in [0.15, 0.2) is 93.0 Å². The molecule has 2 heterocycles. The number of carbonyl (C=O) groups is 2. The predicted molar refractivity (Wildman–Crippen MR) is 150 cm³/mol. The van der Waals surface area contributed by atoms with Crippen molar-refractivity contribution in [2.75, 3.05) is 20.8 Å². The van der Waals surface area contributed by atoms with Gasteiger partial charge in [0, 0.05) is 49.7 Å². The monoisotopic (exact) mass is 546 g/mol. The van der Waals surface area contributed by atoms with Gasteiger partial charge < -0.3 is 19.4 Å². The van der Waals surface area contributed by atoms with Crippen LogP contribution < -0.4 is 15.4 Å². The van der Waals surface area contributed by atoms with Crippen molar-refractivity contribution in [1.82, 2.24) is 9.88 Å². The molecule has 1 aromatic heterocycles. The molecule has 1 aliphatic heterocycles. The zero-order valence-corrected chi connectivity index (χ0v) is 22.3. The summed E-state index contributed by atoms with van der Waals surface area (Å²) in [5.74, 6) is -1.25. The van der Waals surface area contributed by atoms with Crippen molar-refractivity contribution >= 4 is 36.0 Å². The molecular weight excluding hydrogens is 519 g/mol. The molecule has 8 nitrogen and oxygen atoms in total. The SMILES string of the molecule is C=Nc1cn(Cc2ccc(-c3ccc(F)cc3OCC(=O)NC3=C(C(=O)OC)SC=CC3)cc2)ccc1=NC. The molecule has 4 rings (SSSR count). The smallest absolute Gasteiger partial charge is 0.346 e. The molecule has 0 saturated heterocycles. The topological polar surface area (TPSA) is 94.3 Å². The zero-order chi connectivity index (χ0) is 27.8. The molecule has 0 spiro atoms. The molecule has 0 unspecified atom stereocenters. The largest absolute Gasteiger partial charge is 0.483 e. The van der Waals surface area contributed by atoms with E-state index in [0.717, 1.165) is 16.5 Å². The number of benzene rings is 2. The molecule has 1 N–H and O–H groups in total. The van der Waals surface area contributed by atoms with Crippen molar-refractivity contribution in [3.63, 3.8) is 0 Å². The van der Waals surface area contributed by atoms with Crippen molar-refractivity contribution in [1.29, 1.82) is 0 Å². The number of hydrogen-bond donors (Lipinski definition) is 1. The van der Waals surface area contributed by atoms with Gasteiger partial charge in [-0.3, -0.25) is 14.8 Å². The van der Waals surface area contributed by atoms with E-state index in [9.17, 15) is 14.0 Å². The summed E-state index contributed by atoms with van der Waals surface area (Å²) in [7, 11) is 2.99. The number of allylic oxidation sites excluding steroid dienone is 1. The molecule has 3 aromatic rings. The average molecular weight is 547 g/mol. The number of aliphatic imine (C=N–C) groups is 1. The number of nitrogens with one attached hydrogen (secondary N) is 1. The number of hydrogen-bond acceptors (Lipinski definition) is 7. The maximum atomic E-state index is 14.1. The summed E-state index contributed by atoms with van der Waals surface area (Å²) >= 11 is 1.17. The summed E-state index contributed by atoms with van der Waals surface area (Å²) in [6.07, 6.45) is 6.01. The lowest BCUT2D eigenvalue weighted by molar-refractivity contribution is -0.135. The Balaban J connectivity index is 1.47. The van der Waals surface area contributed by atoms with Gasteiger partial charge in [0.2, 0.25) is 0 Å². The van der Waals surface area contributed by atoms with Crippen molar-refractivity contribution < 1.29 is 23.5 Å². The van der Waals surface area contributed by atoms with Crippen LogP contribution in [0.3, 0.4) is 0 Å². The van der Waals surface area contributed by atoms with E-state index in [-0.39, 0.29) is 12.4 Å². The highest BCUT2D eigenvalue weighted by atomic mass is 32.2. The second-order valence-electron chi connectivity index (χ2n) is 8.44. The van der Waals surface area contributed by atoms with Crippen LogP contribution in [0.25, 0.3) is 11.1 Å². The van der Waals surface area contributed by atoms with Gasteiger partial charge in [0.25, 0.3) is 5.91 Å². The number of rotatable bonds is 9. The Morgan fingerprint density at radius 3 is 2.69 bits per heavy atom. The highest BCUT2D eigenvalue weighted by Crippen LogP contribution is 2.32. The summed E-state index contributed by atoms with van der Waals surface area (Å²) < 4.78 is 26.6. The number of pyridine rings is 1. The lowest BCUT2D eigenvalue weighted by atomic mass is 10.0. The number of ether oxygens (including phenoxy) is 2. The van der Waals surface area contributed by atoms with E-state index in [1.807, 2.05) is 53.4 Å². The van der Waals surface area contributed by atoms with Gasteiger partial charge in [-0.25, -0.2) is 9.18 Å². The van der Waals surface area contributed by atoms with Crippen LogP contribution in [-0.2, 0) is 20.9 Å². The first-order chi connectivity index (χ1) is 18.9. The molecule has 200 valence electrons. The van der Waals surface area contributed by atoms with Gasteiger partial charge in [-0.05, 0) is 41.5 Å². The number of amides is 1. The quantitative estimate of drug-likeness (QED) is 0.309. The summed E-state index contributed by atoms with van der Waals surface area (Å²) in [5, 5.41) is 5.23.